The highest BCUT2D eigenvalue weighted by atomic mass is 79.9. The maximum absolute atomic E-state index is 6.00. The zero-order valence-corrected chi connectivity index (χ0v) is 13.5. The van der Waals surface area contributed by atoms with Crippen LogP contribution in [0.1, 0.15) is 24.5 Å². The summed E-state index contributed by atoms with van der Waals surface area (Å²) < 4.78 is 6.91. The summed E-state index contributed by atoms with van der Waals surface area (Å²) in [5.41, 5.74) is 8.41. The Morgan fingerprint density at radius 1 is 1.15 bits per heavy atom. The van der Waals surface area contributed by atoms with Gasteiger partial charge in [0, 0.05) is 10.5 Å². The molecule has 0 bridgehead atoms. The fourth-order valence-corrected chi connectivity index (χ4v) is 2.52. The van der Waals surface area contributed by atoms with Crippen molar-refractivity contribution in [3.05, 3.63) is 58.1 Å². The van der Waals surface area contributed by atoms with E-state index in [1.807, 2.05) is 30.3 Å². The van der Waals surface area contributed by atoms with Gasteiger partial charge in [-0.1, -0.05) is 41.1 Å². The van der Waals surface area contributed by atoms with E-state index < -0.39 is 0 Å². The summed E-state index contributed by atoms with van der Waals surface area (Å²) in [4.78, 5) is 0. The van der Waals surface area contributed by atoms with Crippen LogP contribution in [0.5, 0.6) is 11.5 Å². The third-order valence-electron chi connectivity index (χ3n) is 3.26. The van der Waals surface area contributed by atoms with Crippen LogP contribution in [0.25, 0.3) is 0 Å². The SMILES string of the molecule is CCC(N)Cc1ccc(Oc2cccc(C)c2)cc1Br. The Hall–Kier alpha value is -1.32. The van der Waals surface area contributed by atoms with Crippen molar-refractivity contribution in [1.29, 1.82) is 0 Å². The zero-order valence-electron chi connectivity index (χ0n) is 11.9. The van der Waals surface area contributed by atoms with Crippen LogP contribution in [0.4, 0.5) is 0 Å². The molecule has 0 aliphatic carbocycles. The molecule has 0 amide bonds. The lowest BCUT2D eigenvalue weighted by Gasteiger charge is -2.12. The number of ether oxygens (including phenoxy) is 1. The van der Waals surface area contributed by atoms with Crippen molar-refractivity contribution < 1.29 is 4.74 Å². The minimum absolute atomic E-state index is 0.204. The van der Waals surface area contributed by atoms with Crippen molar-refractivity contribution in [2.24, 2.45) is 5.73 Å². The Morgan fingerprint density at radius 3 is 2.55 bits per heavy atom. The molecule has 2 nitrogen and oxygen atoms in total. The van der Waals surface area contributed by atoms with Gasteiger partial charge in [0.15, 0.2) is 0 Å². The minimum Gasteiger partial charge on any atom is -0.457 e. The molecule has 2 N–H and O–H groups in total. The average Bonchev–Trinajstić information content (AvgIpc) is 2.41. The van der Waals surface area contributed by atoms with E-state index in [9.17, 15) is 0 Å². The first kappa shape index (κ1) is 15.1. The molecule has 0 heterocycles. The van der Waals surface area contributed by atoms with Gasteiger partial charge in [0.1, 0.15) is 11.5 Å². The fourth-order valence-electron chi connectivity index (χ4n) is 2.00. The Bertz CT molecular complexity index is 583. The van der Waals surface area contributed by atoms with Crippen molar-refractivity contribution in [3.63, 3.8) is 0 Å². The molecular weight excluding hydrogens is 314 g/mol. The van der Waals surface area contributed by atoms with Crippen LogP contribution < -0.4 is 10.5 Å². The van der Waals surface area contributed by atoms with Crippen molar-refractivity contribution in [2.75, 3.05) is 0 Å². The summed E-state index contributed by atoms with van der Waals surface area (Å²) >= 11 is 3.60. The van der Waals surface area contributed by atoms with Gasteiger partial charge in [-0.15, -0.1) is 0 Å². The van der Waals surface area contributed by atoms with Gasteiger partial charge >= 0.3 is 0 Å². The Morgan fingerprint density at radius 2 is 1.90 bits per heavy atom. The van der Waals surface area contributed by atoms with Gasteiger partial charge in [0.05, 0.1) is 0 Å². The van der Waals surface area contributed by atoms with E-state index in [2.05, 4.69) is 41.9 Å². The molecule has 106 valence electrons. The van der Waals surface area contributed by atoms with E-state index >= 15 is 0 Å². The molecule has 0 fully saturated rings. The second-order valence-corrected chi connectivity index (χ2v) is 5.90. The molecule has 2 aromatic rings. The largest absolute Gasteiger partial charge is 0.457 e. The smallest absolute Gasteiger partial charge is 0.128 e. The summed E-state index contributed by atoms with van der Waals surface area (Å²) in [5, 5.41) is 0. The molecule has 2 aromatic carbocycles. The van der Waals surface area contributed by atoms with Gasteiger partial charge in [0.25, 0.3) is 0 Å². The summed E-state index contributed by atoms with van der Waals surface area (Å²) in [6.07, 6.45) is 1.86. The summed E-state index contributed by atoms with van der Waals surface area (Å²) in [6.45, 7) is 4.16. The summed E-state index contributed by atoms with van der Waals surface area (Å²) in [6, 6.07) is 14.3. The van der Waals surface area contributed by atoms with Crippen LogP contribution in [-0.2, 0) is 6.42 Å². The van der Waals surface area contributed by atoms with Crippen molar-refractivity contribution >= 4 is 15.9 Å². The fraction of sp³-hybridized carbons (Fsp3) is 0.294. The van der Waals surface area contributed by atoms with E-state index in [4.69, 9.17) is 10.5 Å². The van der Waals surface area contributed by atoms with Gasteiger partial charge in [-0.2, -0.15) is 0 Å². The molecule has 0 radical (unpaired) electrons. The van der Waals surface area contributed by atoms with Gasteiger partial charge in [-0.05, 0) is 55.2 Å². The van der Waals surface area contributed by atoms with Gasteiger partial charge in [0.2, 0.25) is 0 Å². The van der Waals surface area contributed by atoms with Crippen LogP contribution in [0.15, 0.2) is 46.9 Å². The molecule has 0 saturated carbocycles. The highest BCUT2D eigenvalue weighted by Gasteiger charge is 2.07. The first-order valence-corrected chi connectivity index (χ1v) is 7.66. The summed E-state index contributed by atoms with van der Waals surface area (Å²) in [7, 11) is 0. The third kappa shape index (κ3) is 4.09. The second kappa shape index (κ2) is 6.91. The molecule has 1 atom stereocenters. The number of aryl methyl sites for hydroxylation is 1. The maximum atomic E-state index is 6.00. The lowest BCUT2D eigenvalue weighted by molar-refractivity contribution is 0.481. The van der Waals surface area contributed by atoms with Crippen LogP contribution in [0, 0.1) is 6.92 Å². The Balaban J connectivity index is 2.13. The van der Waals surface area contributed by atoms with Crippen LogP contribution in [-0.4, -0.2) is 6.04 Å². The number of rotatable bonds is 5. The van der Waals surface area contributed by atoms with E-state index in [-0.39, 0.29) is 6.04 Å². The van der Waals surface area contributed by atoms with Gasteiger partial charge in [-0.3, -0.25) is 0 Å². The van der Waals surface area contributed by atoms with E-state index in [1.54, 1.807) is 0 Å². The number of nitrogens with two attached hydrogens (primary N) is 1. The molecule has 20 heavy (non-hydrogen) atoms. The average molecular weight is 334 g/mol. The van der Waals surface area contributed by atoms with E-state index in [0.29, 0.717) is 0 Å². The number of benzene rings is 2. The van der Waals surface area contributed by atoms with E-state index in [1.165, 1.54) is 11.1 Å². The molecule has 0 aliphatic heterocycles. The van der Waals surface area contributed by atoms with Gasteiger partial charge < -0.3 is 10.5 Å². The minimum atomic E-state index is 0.204. The maximum Gasteiger partial charge on any atom is 0.128 e. The predicted octanol–water partition coefficient (Wildman–Crippen LogP) is 4.83. The lowest BCUT2D eigenvalue weighted by Crippen LogP contribution is -2.21. The molecular formula is C17H20BrNO. The number of halogens is 1. The monoisotopic (exact) mass is 333 g/mol. The molecule has 0 aliphatic rings. The van der Waals surface area contributed by atoms with Crippen LogP contribution in [0.2, 0.25) is 0 Å². The second-order valence-electron chi connectivity index (χ2n) is 5.04. The standard InChI is InChI=1S/C17H20BrNO/c1-3-14(19)10-13-7-8-16(11-17(13)18)20-15-6-4-5-12(2)9-15/h4-9,11,14H,3,10,19H2,1-2H3. The summed E-state index contributed by atoms with van der Waals surface area (Å²) in [5.74, 6) is 1.69. The predicted molar refractivity (Wildman–Crippen MR) is 87.4 cm³/mol. The lowest BCUT2D eigenvalue weighted by atomic mass is 10.0. The normalized spacial score (nSPS) is 12.2. The quantitative estimate of drug-likeness (QED) is 0.850. The molecule has 0 aromatic heterocycles. The molecule has 1 unspecified atom stereocenters. The zero-order chi connectivity index (χ0) is 14.5. The Kier molecular flexibility index (Phi) is 5.21. The van der Waals surface area contributed by atoms with E-state index in [0.717, 1.165) is 28.8 Å². The van der Waals surface area contributed by atoms with Crippen molar-refractivity contribution in [2.45, 2.75) is 32.7 Å². The third-order valence-corrected chi connectivity index (χ3v) is 3.99. The molecule has 3 heteroatoms. The highest BCUT2D eigenvalue weighted by Crippen LogP contribution is 2.28. The number of hydrogen-bond donors (Lipinski definition) is 1. The highest BCUT2D eigenvalue weighted by molar-refractivity contribution is 9.10. The number of hydrogen-bond acceptors (Lipinski definition) is 2. The Labute approximate surface area is 129 Å². The molecule has 2 rings (SSSR count). The first-order chi connectivity index (χ1) is 9.58. The van der Waals surface area contributed by atoms with Crippen molar-refractivity contribution in [1.82, 2.24) is 0 Å². The van der Waals surface area contributed by atoms with Crippen molar-refractivity contribution in [3.8, 4) is 11.5 Å². The topological polar surface area (TPSA) is 35.2 Å². The first-order valence-electron chi connectivity index (χ1n) is 6.87. The van der Waals surface area contributed by atoms with Crippen LogP contribution >= 0.6 is 15.9 Å². The molecule has 0 spiro atoms. The molecule has 0 saturated heterocycles. The van der Waals surface area contributed by atoms with Crippen LogP contribution in [0.3, 0.4) is 0 Å². The van der Waals surface area contributed by atoms with Gasteiger partial charge in [-0.25, -0.2) is 0 Å².